The van der Waals surface area contributed by atoms with E-state index in [1.165, 1.54) is 11.1 Å². The molecule has 0 aliphatic heterocycles. The van der Waals surface area contributed by atoms with E-state index in [1.54, 1.807) is 29.0 Å². The lowest BCUT2D eigenvalue weighted by atomic mass is 10.1. The molecule has 0 aliphatic rings. The van der Waals surface area contributed by atoms with Crippen molar-refractivity contribution >= 4 is 28.9 Å². The normalized spacial score (nSPS) is 13.4. The predicted octanol–water partition coefficient (Wildman–Crippen LogP) is 3.74. The van der Waals surface area contributed by atoms with E-state index in [2.05, 4.69) is 80.6 Å². The summed E-state index contributed by atoms with van der Waals surface area (Å²) in [5, 5.41) is 34.5. The van der Waals surface area contributed by atoms with Gasteiger partial charge in [-0.05, 0) is 46.4 Å². The zero-order chi connectivity index (χ0) is 22.7. The van der Waals surface area contributed by atoms with Crippen molar-refractivity contribution < 1.29 is 10.2 Å². The summed E-state index contributed by atoms with van der Waals surface area (Å²) in [4.78, 5) is 9.16. The Morgan fingerprint density at radius 2 is 1.84 bits per heavy atom. The van der Waals surface area contributed by atoms with Gasteiger partial charge in [-0.25, -0.2) is 0 Å². The second-order valence-electron chi connectivity index (χ2n) is 8.10. The lowest BCUT2D eigenvalue weighted by molar-refractivity contribution is 0.132. The number of rotatable bonds is 9. The van der Waals surface area contributed by atoms with Gasteiger partial charge in [0.15, 0.2) is 5.65 Å². The number of benzene rings is 1. The van der Waals surface area contributed by atoms with E-state index in [4.69, 9.17) is 0 Å². The van der Waals surface area contributed by atoms with Crippen LogP contribution in [-0.4, -0.2) is 48.5 Å². The van der Waals surface area contributed by atoms with E-state index in [9.17, 15) is 10.2 Å². The van der Waals surface area contributed by atoms with Crippen LogP contribution in [0.2, 0.25) is 0 Å². The van der Waals surface area contributed by atoms with E-state index in [-0.39, 0.29) is 12.5 Å². The average molecular weight is 453 g/mol. The minimum absolute atomic E-state index is 0.234. The molecule has 0 fully saturated rings. The maximum absolute atomic E-state index is 9.89. The standard InChI is InChI=1S/C23H28N6O2S/c1-14(2)19-11-25-29-21(19)27-22(26-20(12-30)15(3)31)28-23(29)24-10-16-4-6-17(7-5-16)18-8-9-32-13-18/h4-9,11,13-15,20,30-31H,10,12H2,1-3H3,(H2,24,26,27,28)/t15-,20-/m1/s1. The first-order valence-corrected chi connectivity index (χ1v) is 11.6. The second-order valence-corrected chi connectivity index (χ2v) is 8.88. The molecule has 4 aromatic rings. The third-order valence-corrected chi connectivity index (χ3v) is 6.05. The van der Waals surface area contributed by atoms with Crippen LogP contribution in [0.15, 0.2) is 47.3 Å². The van der Waals surface area contributed by atoms with Crippen LogP contribution in [0.5, 0.6) is 0 Å². The van der Waals surface area contributed by atoms with Crippen molar-refractivity contribution in [3.63, 3.8) is 0 Å². The summed E-state index contributed by atoms with van der Waals surface area (Å²) in [7, 11) is 0. The van der Waals surface area contributed by atoms with Crippen LogP contribution in [-0.2, 0) is 6.54 Å². The number of fused-ring (bicyclic) bond motifs is 1. The van der Waals surface area contributed by atoms with Crippen molar-refractivity contribution in [2.45, 2.75) is 45.4 Å². The van der Waals surface area contributed by atoms with Crippen LogP contribution in [0.1, 0.15) is 37.8 Å². The highest BCUT2D eigenvalue weighted by Crippen LogP contribution is 2.24. The topological polar surface area (TPSA) is 108 Å². The SMILES string of the molecule is CC(C)c1cnn2c(NCc3ccc(-c4ccsc4)cc3)nc(N[C@H](CO)[C@@H](C)O)nc12. The second kappa shape index (κ2) is 9.64. The molecule has 3 aromatic heterocycles. The van der Waals surface area contributed by atoms with E-state index in [0.717, 1.165) is 11.1 Å². The summed E-state index contributed by atoms with van der Waals surface area (Å²) < 4.78 is 1.69. The van der Waals surface area contributed by atoms with E-state index in [1.807, 2.05) is 0 Å². The number of aliphatic hydroxyl groups is 2. The number of hydrogen-bond acceptors (Lipinski definition) is 8. The minimum atomic E-state index is -0.757. The molecular weight excluding hydrogens is 424 g/mol. The van der Waals surface area contributed by atoms with Gasteiger partial charge in [-0.2, -0.15) is 30.9 Å². The highest BCUT2D eigenvalue weighted by Gasteiger charge is 2.19. The molecule has 3 heterocycles. The molecule has 168 valence electrons. The maximum Gasteiger partial charge on any atom is 0.229 e. The lowest BCUT2D eigenvalue weighted by Gasteiger charge is -2.19. The number of hydrogen-bond donors (Lipinski definition) is 4. The highest BCUT2D eigenvalue weighted by molar-refractivity contribution is 7.08. The first-order chi connectivity index (χ1) is 15.5. The van der Waals surface area contributed by atoms with Gasteiger partial charge in [-0.1, -0.05) is 38.1 Å². The summed E-state index contributed by atoms with van der Waals surface area (Å²) in [6.07, 6.45) is 1.05. The average Bonchev–Trinajstić information content (AvgIpc) is 3.46. The first kappa shape index (κ1) is 22.2. The summed E-state index contributed by atoms with van der Waals surface area (Å²) in [6, 6.07) is 9.95. The monoisotopic (exact) mass is 452 g/mol. The van der Waals surface area contributed by atoms with Gasteiger partial charge in [0, 0.05) is 12.1 Å². The van der Waals surface area contributed by atoms with Crippen LogP contribution < -0.4 is 10.6 Å². The van der Waals surface area contributed by atoms with Crippen molar-refractivity contribution in [2.75, 3.05) is 17.2 Å². The van der Waals surface area contributed by atoms with Gasteiger partial charge in [0.2, 0.25) is 11.9 Å². The fourth-order valence-electron chi connectivity index (χ4n) is 3.39. The molecule has 9 heteroatoms. The van der Waals surface area contributed by atoms with Crippen LogP contribution in [0.3, 0.4) is 0 Å². The van der Waals surface area contributed by atoms with Crippen molar-refractivity contribution in [1.82, 2.24) is 19.6 Å². The summed E-state index contributed by atoms with van der Waals surface area (Å²) in [5.41, 5.74) is 5.20. The van der Waals surface area contributed by atoms with Gasteiger partial charge in [-0.15, -0.1) is 0 Å². The Hall–Kier alpha value is -3.01. The van der Waals surface area contributed by atoms with Gasteiger partial charge >= 0.3 is 0 Å². The fourth-order valence-corrected chi connectivity index (χ4v) is 4.06. The van der Waals surface area contributed by atoms with Gasteiger partial charge in [0.25, 0.3) is 0 Å². The third-order valence-electron chi connectivity index (χ3n) is 5.37. The molecular formula is C23H28N6O2S. The quantitative estimate of drug-likeness (QED) is 0.306. The molecule has 0 saturated heterocycles. The lowest BCUT2D eigenvalue weighted by Crippen LogP contribution is -2.35. The Balaban J connectivity index is 1.60. The number of aromatic nitrogens is 4. The molecule has 8 nitrogen and oxygen atoms in total. The summed E-state index contributed by atoms with van der Waals surface area (Å²) in [6.45, 7) is 6.11. The fraction of sp³-hybridized carbons (Fsp3) is 0.348. The Kier molecular flexibility index (Phi) is 6.69. The van der Waals surface area contributed by atoms with E-state index in [0.29, 0.717) is 24.1 Å². The number of aliphatic hydroxyl groups excluding tert-OH is 2. The molecule has 0 aliphatic carbocycles. The largest absolute Gasteiger partial charge is 0.394 e. The first-order valence-electron chi connectivity index (χ1n) is 10.6. The molecule has 0 radical (unpaired) electrons. The number of thiophene rings is 1. The minimum Gasteiger partial charge on any atom is -0.394 e. The van der Waals surface area contributed by atoms with E-state index < -0.39 is 12.1 Å². The van der Waals surface area contributed by atoms with Gasteiger partial charge in [-0.3, -0.25) is 0 Å². The number of anilines is 2. The predicted molar refractivity (Wildman–Crippen MR) is 128 cm³/mol. The molecule has 0 bridgehead atoms. The summed E-state index contributed by atoms with van der Waals surface area (Å²) in [5.74, 6) is 1.10. The van der Waals surface area contributed by atoms with Gasteiger partial charge in [0.1, 0.15) is 0 Å². The Labute approximate surface area is 191 Å². The molecule has 4 N–H and O–H groups in total. The van der Waals surface area contributed by atoms with Crippen molar-refractivity contribution in [3.05, 3.63) is 58.4 Å². The number of nitrogens with zero attached hydrogens (tertiary/aromatic N) is 4. The van der Waals surface area contributed by atoms with Gasteiger partial charge < -0.3 is 20.8 Å². The maximum atomic E-state index is 9.89. The zero-order valence-electron chi connectivity index (χ0n) is 18.4. The van der Waals surface area contributed by atoms with Crippen LogP contribution in [0.4, 0.5) is 11.9 Å². The molecule has 0 saturated carbocycles. The molecule has 1 aromatic carbocycles. The molecule has 2 atom stereocenters. The van der Waals surface area contributed by atoms with Crippen LogP contribution in [0, 0.1) is 0 Å². The molecule has 0 unspecified atom stereocenters. The molecule has 0 amide bonds. The Bertz CT molecular complexity index is 1160. The molecule has 0 spiro atoms. The highest BCUT2D eigenvalue weighted by atomic mass is 32.1. The smallest absolute Gasteiger partial charge is 0.229 e. The number of nitrogens with one attached hydrogen (secondary N) is 2. The van der Waals surface area contributed by atoms with Crippen molar-refractivity contribution in [2.24, 2.45) is 0 Å². The zero-order valence-corrected chi connectivity index (χ0v) is 19.2. The third kappa shape index (κ3) is 4.74. The van der Waals surface area contributed by atoms with Crippen molar-refractivity contribution in [1.29, 1.82) is 0 Å². The Morgan fingerprint density at radius 1 is 1.06 bits per heavy atom. The van der Waals surface area contributed by atoms with Gasteiger partial charge in [0.05, 0.1) is 24.9 Å². The van der Waals surface area contributed by atoms with Crippen LogP contribution >= 0.6 is 11.3 Å². The summed E-state index contributed by atoms with van der Waals surface area (Å²) >= 11 is 1.69. The Morgan fingerprint density at radius 3 is 2.47 bits per heavy atom. The molecule has 32 heavy (non-hydrogen) atoms. The molecule has 4 rings (SSSR count). The van der Waals surface area contributed by atoms with Crippen molar-refractivity contribution in [3.8, 4) is 11.1 Å². The van der Waals surface area contributed by atoms with Crippen LogP contribution in [0.25, 0.3) is 16.8 Å². The van der Waals surface area contributed by atoms with E-state index >= 15 is 0 Å².